The second kappa shape index (κ2) is 41.2. The number of allylic oxidation sites excluding steroid dienone is 1. The first kappa shape index (κ1) is 60.8. The molecule has 1 rings (SSSR count). The largest absolute Gasteiger partial charge is 0.726 e. The minimum atomic E-state index is -5.33. The average molecular weight is 909 g/mol. The van der Waals surface area contributed by atoms with Crippen molar-refractivity contribution in [2.24, 2.45) is 0 Å². The molecule has 0 saturated carbocycles. The zero-order valence-electron chi connectivity index (χ0n) is 39.7. The van der Waals surface area contributed by atoms with Gasteiger partial charge in [0.05, 0.1) is 25.4 Å². The van der Waals surface area contributed by atoms with Gasteiger partial charge in [-0.1, -0.05) is 219 Å². The molecule has 9 N–H and O–H groups in total. The Labute approximate surface area is 378 Å². The molecular formula is C48H96N2O11S. The van der Waals surface area contributed by atoms with E-state index in [1.165, 1.54) is 167 Å². The molecule has 7 atom stereocenters. The van der Waals surface area contributed by atoms with Gasteiger partial charge in [0.2, 0.25) is 16.3 Å². The topological polar surface area (TPSA) is 231 Å². The van der Waals surface area contributed by atoms with Crippen LogP contribution < -0.4 is 11.5 Å². The smallest absolute Gasteiger partial charge is 0.220 e. The molecule has 0 aromatic rings. The average Bonchev–Trinajstić information content (AvgIpc) is 3.23. The Bertz CT molecular complexity index is 1150. The van der Waals surface area contributed by atoms with E-state index in [4.69, 9.17) is 9.47 Å². The van der Waals surface area contributed by atoms with Crippen LogP contribution in [0.5, 0.6) is 0 Å². The van der Waals surface area contributed by atoms with Crippen molar-refractivity contribution in [2.45, 2.75) is 275 Å². The fourth-order valence-electron chi connectivity index (χ4n) is 8.16. The van der Waals surface area contributed by atoms with Crippen LogP contribution in [0.1, 0.15) is 232 Å². The van der Waals surface area contributed by atoms with Gasteiger partial charge < -0.3 is 45.9 Å². The predicted octanol–water partition coefficient (Wildman–Crippen LogP) is 10.4. The van der Waals surface area contributed by atoms with Crippen LogP contribution in [0.25, 0.3) is 0 Å². The maximum Gasteiger partial charge on any atom is 0.220 e. The summed E-state index contributed by atoms with van der Waals surface area (Å²) in [5.74, 6) is -0.267. The van der Waals surface area contributed by atoms with Gasteiger partial charge >= 0.3 is 0 Å². The number of unbranched alkanes of at least 4 members (excludes halogenated alkanes) is 31. The van der Waals surface area contributed by atoms with E-state index in [-0.39, 0.29) is 25.1 Å². The molecule has 0 bridgehead atoms. The predicted molar refractivity (Wildman–Crippen MR) is 250 cm³/mol. The number of rotatable bonds is 43. The monoisotopic (exact) mass is 909 g/mol. The number of ether oxygens (including phenoxy) is 2. The highest BCUT2D eigenvalue weighted by Gasteiger charge is 2.47. The molecule has 62 heavy (non-hydrogen) atoms. The third kappa shape index (κ3) is 33.3. The Morgan fingerprint density at radius 1 is 0.661 bits per heavy atom. The summed E-state index contributed by atoms with van der Waals surface area (Å²) in [6, 6.07) is -0.950. The molecule has 0 spiro atoms. The van der Waals surface area contributed by atoms with Crippen molar-refractivity contribution in [1.82, 2.24) is 11.5 Å². The summed E-state index contributed by atoms with van der Waals surface area (Å²) in [5, 5.41) is 44.6. The molecule has 0 aliphatic carbocycles. The van der Waals surface area contributed by atoms with E-state index >= 15 is 0 Å². The lowest BCUT2D eigenvalue weighted by Crippen LogP contribution is -2.61. The standard InChI is InChI=1S/C48H93NO11S.H3N/c1-3-5-7-9-11-13-15-17-18-19-20-21-22-23-24-26-28-30-32-34-36-38-44(52)49-41(42(51)37-35-33-31-29-27-25-16-14-12-10-8-6-4-2)40-58-48-46(54)47(60-61(55,56)57)45(53)43(39-50)59-48;/h35,37,41-43,45-48,50-51,53-54H,3-34,36,38-40H2,1-2H3,(H,49,52)(H,55,56,57);1H3/b37-35+;/t41-,42+,43?,45-,46?,47-,48+;/m0./s1. The number of quaternary nitrogens is 1. The summed E-state index contributed by atoms with van der Waals surface area (Å²) >= 11 is 0. The first-order valence-electron chi connectivity index (χ1n) is 25.1. The summed E-state index contributed by atoms with van der Waals surface area (Å²) in [7, 11) is -5.33. The zero-order chi connectivity index (χ0) is 44.8. The van der Waals surface area contributed by atoms with Crippen LogP contribution >= 0.6 is 0 Å². The van der Waals surface area contributed by atoms with Crippen molar-refractivity contribution >= 4 is 16.3 Å². The van der Waals surface area contributed by atoms with E-state index in [2.05, 4.69) is 23.3 Å². The number of nitrogens with one attached hydrogen (secondary N) is 1. The number of amides is 1. The lowest BCUT2D eigenvalue weighted by Gasteiger charge is -2.42. The molecule has 1 amide bonds. The van der Waals surface area contributed by atoms with Crippen molar-refractivity contribution in [3.63, 3.8) is 0 Å². The molecule has 370 valence electrons. The summed E-state index contributed by atoms with van der Waals surface area (Å²) in [6.45, 7) is 3.36. The lowest BCUT2D eigenvalue weighted by molar-refractivity contribution is -0.298. The van der Waals surface area contributed by atoms with Crippen molar-refractivity contribution in [1.29, 1.82) is 0 Å². The summed E-state index contributed by atoms with van der Waals surface area (Å²) in [4.78, 5) is 13.0. The van der Waals surface area contributed by atoms with Gasteiger partial charge in [0.1, 0.15) is 24.4 Å². The van der Waals surface area contributed by atoms with E-state index in [1.54, 1.807) is 6.08 Å². The van der Waals surface area contributed by atoms with Gasteiger partial charge in [-0.05, 0) is 19.3 Å². The molecule has 0 aromatic heterocycles. The third-order valence-electron chi connectivity index (χ3n) is 12.1. The van der Waals surface area contributed by atoms with Crippen LogP contribution in [0.2, 0.25) is 0 Å². The fourth-order valence-corrected chi connectivity index (χ4v) is 8.66. The molecule has 0 radical (unpaired) electrons. The van der Waals surface area contributed by atoms with Crippen molar-refractivity contribution in [3.05, 3.63) is 12.2 Å². The van der Waals surface area contributed by atoms with Crippen LogP contribution in [-0.2, 0) is 28.9 Å². The van der Waals surface area contributed by atoms with Crippen LogP contribution in [0.15, 0.2) is 12.2 Å². The molecule has 1 aliphatic rings. The maximum absolute atomic E-state index is 13.0. The quantitative estimate of drug-likeness (QED) is 0.0146. The first-order chi connectivity index (χ1) is 29.5. The molecule has 2 unspecified atom stereocenters. The van der Waals surface area contributed by atoms with E-state index in [0.717, 1.165) is 38.5 Å². The van der Waals surface area contributed by atoms with Crippen LogP contribution in [0.3, 0.4) is 0 Å². The highest BCUT2D eigenvalue weighted by molar-refractivity contribution is 7.80. The lowest BCUT2D eigenvalue weighted by atomic mass is 9.99. The molecular weight excluding hydrogens is 813 g/mol. The van der Waals surface area contributed by atoms with Gasteiger partial charge in [-0.25, -0.2) is 8.42 Å². The minimum Gasteiger partial charge on any atom is -0.726 e. The van der Waals surface area contributed by atoms with Crippen molar-refractivity contribution in [3.8, 4) is 0 Å². The number of aliphatic hydroxyl groups excluding tert-OH is 4. The van der Waals surface area contributed by atoms with Crippen LogP contribution in [0.4, 0.5) is 0 Å². The second-order valence-corrected chi connectivity index (χ2v) is 18.8. The van der Waals surface area contributed by atoms with Gasteiger partial charge in [0, 0.05) is 6.42 Å². The molecule has 1 aliphatic heterocycles. The summed E-state index contributed by atoms with van der Waals surface area (Å²) in [5.41, 5.74) is 0. The van der Waals surface area contributed by atoms with E-state index in [0.29, 0.717) is 6.42 Å². The molecule has 13 nitrogen and oxygen atoms in total. The van der Waals surface area contributed by atoms with Crippen molar-refractivity contribution < 1.29 is 51.8 Å². The Kier molecular flexibility index (Phi) is 40.4. The normalized spacial score (nSPS) is 20.3. The molecule has 1 heterocycles. The van der Waals surface area contributed by atoms with E-state index in [1.807, 2.05) is 6.08 Å². The molecule has 14 heteroatoms. The second-order valence-electron chi connectivity index (χ2n) is 17.7. The molecule has 1 fully saturated rings. The summed E-state index contributed by atoms with van der Waals surface area (Å²) in [6.07, 6.45) is 35.1. The Morgan fingerprint density at radius 2 is 1.05 bits per heavy atom. The van der Waals surface area contributed by atoms with Crippen LogP contribution in [0, 0.1) is 0 Å². The SMILES string of the molecule is CCCCCCCCCCCCC/C=C/[C@@H](O)[C@H](CO[C@@H]1OC(CO)[C@H](O)[C@H](OS(=O)(=O)[O-])C1O)NC(=O)CCCCCCCCCCCCCCCCCCCCCCC.[NH4+]. The van der Waals surface area contributed by atoms with E-state index in [9.17, 15) is 38.2 Å². The summed E-state index contributed by atoms with van der Waals surface area (Å²) < 4.78 is 49.4. The fraction of sp³-hybridized carbons (Fsp3) is 0.938. The Morgan fingerprint density at radius 3 is 1.44 bits per heavy atom. The number of carbonyl (C=O) groups is 1. The molecule has 1 saturated heterocycles. The Hall–Kier alpha value is -1.20. The maximum atomic E-state index is 13.0. The van der Waals surface area contributed by atoms with Gasteiger partial charge in [-0.15, -0.1) is 0 Å². The third-order valence-corrected chi connectivity index (χ3v) is 12.5. The zero-order valence-corrected chi connectivity index (χ0v) is 40.5. The van der Waals surface area contributed by atoms with Gasteiger partial charge in [0.25, 0.3) is 0 Å². The number of carbonyl (C=O) groups excluding carboxylic acids is 1. The number of hydrogen-bond acceptors (Lipinski definition) is 11. The number of hydrogen-bond donors (Lipinski definition) is 6. The van der Waals surface area contributed by atoms with E-state index < -0.39 is 59.9 Å². The minimum absolute atomic E-state index is 0. The highest BCUT2D eigenvalue weighted by atomic mass is 32.3. The van der Waals surface area contributed by atoms with Gasteiger partial charge in [-0.2, -0.15) is 0 Å². The Balaban J connectivity index is 0.0000372. The highest BCUT2D eigenvalue weighted by Crippen LogP contribution is 2.26. The molecule has 0 aromatic carbocycles. The first-order valence-corrected chi connectivity index (χ1v) is 26.4. The number of aliphatic hydroxyl groups is 4. The van der Waals surface area contributed by atoms with Crippen molar-refractivity contribution in [2.75, 3.05) is 13.2 Å². The van der Waals surface area contributed by atoms with Crippen LogP contribution in [-0.4, -0.2) is 95.4 Å². The van der Waals surface area contributed by atoms with Gasteiger partial charge in [-0.3, -0.25) is 8.98 Å². The van der Waals surface area contributed by atoms with Gasteiger partial charge in [0.15, 0.2) is 6.29 Å².